The molecule has 1 aliphatic heterocycles. The summed E-state index contributed by atoms with van der Waals surface area (Å²) in [5, 5.41) is 9.52. The third kappa shape index (κ3) is 6.45. The largest absolute Gasteiger partial charge is 0.489 e. The summed E-state index contributed by atoms with van der Waals surface area (Å²) < 4.78 is 42.2. The third-order valence-electron chi connectivity index (χ3n) is 6.73. The maximum atomic E-state index is 13.2. The Kier molecular flexibility index (Phi) is 8.56. The van der Waals surface area contributed by atoms with Crippen LogP contribution in [0.15, 0.2) is 48.8 Å². The first-order valence-electron chi connectivity index (χ1n) is 12.7. The van der Waals surface area contributed by atoms with Gasteiger partial charge in [-0.2, -0.15) is 14.0 Å². The molecule has 13 heteroatoms. The Morgan fingerprint density at radius 2 is 1.76 bits per heavy atom. The molecule has 3 aromatic rings. The lowest BCUT2D eigenvalue weighted by atomic mass is 10.0. The van der Waals surface area contributed by atoms with E-state index in [1.807, 2.05) is 6.07 Å². The van der Waals surface area contributed by atoms with Gasteiger partial charge in [0.2, 0.25) is 0 Å². The molecule has 2 amide bonds. The highest BCUT2D eigenvalue weighted by Gasteiger charge is 2.38. The highest BCUT2D eigenvalue weighted by atomic mass is 35.5. The highest BCUT2D eigenvalue weighted by molar-refractivity contribution is 6.35. The molecule has 1 atom stereocenters. The van der Waals surface area contributed by atoms with E-state index in [9.17, 15) is 23.2 Å². The van der Waals surface area contributed by atoms with Crippen LogP contribution in [0.3, 0.4) is 0 Å². The van der Waals surface area contributed by atoms with Crippen molar-refractivity contribution in [3.63, 3.8) is 0 Å². The number of esters is 1. The SMILES string of the molecule is N#Cc1ccc2c(c1)C(=O)N(CC(=O)O[C@@H](Cc1c(Cl)cncc1Cl)c1ccc(OC(F)F)c(OCC3CC3)c1)C2=O. The van der Waals surface area contributed by atoms with Crippen molar-refractivity contribution in [2.45, 2.75) is 32.0 Å². The number of rotatable bonds is 11. The Morgan fingerprint density at radius 3 is 2.43 bits per heavy atom. The van der Waals surface area contributed by atoms with Crippen molar-refractivity contribution >= 4 is 41.0 Å². The molecule has 0 bridgehead atoms. The Morgan fingerprint density at radius 1 is 1.05 bits per heavy atom. The van der Waals surface area contributed by atoms with Crippen LogP contribution in [0, 0.1) is 17.2 Å². The molecule has 0 radical (unpaired) electrons. The lowest BCUT2D eigenvalue weighted by molar-refractivity contribution is -0.149. The van der Waals surface area contributed by atoms with E-state index >= 15 is 0 Å². The van der Waals surface area contributed by atoms with Gasteiger partial charge in [-0.05, 0) is 60.2 Å². The fourth-order valence-corrected chi connectivity index (χ4v) is 4.92. The molecule has 2 aliphatic rings. The minimum absolute atomic E-state index is 0.00539. The van der Waals surface area contributed by atoms with Crippen molar-refractivity contribution in [2.24, 2.45) is 5.92 Å². The van der Waals surface area contributed by atoms with Gasteiger partial charge < -0.3 is 14.2 Å². The van der Waals surface area contributed by atoms with Crippen LogP contribution in [0.4, 0.5) is 8.78 Å². The van der Waals surface area contributed by atoms with Crippen molar-refractivity contribution in [1.82, 2.24) is 9.88 Å². The molecule has 9 nitrogen and oxygen atoms in total. The first kappa shape index (κ1) is 29.2. The van der Waals surface area contributed by atoms with Gasteiger partial charge in [0.1, 0.15) is 12.6 Å². The number of nitrogens with zero attached hydrogens (tertiary/aromatic N) is 3. The second kappa shape index (κ2) is 12.3. The zero-order valence-electron chi connectivity index (χ0n) is 21.7. The second-order valence-corrected chi connectivity index (χ2v) is 10.5. The molecule has 0 unspecified atom stereocenters. The van der Waals surface area contributed by atoms with Gasteiger partial charge in [-0.15, -0.1) is 0 Å². The molecule has 2 heterocycles. The summed E-state index contributed by atoms with van der Waals surface area (Å²) >= 11 is 12.6. The van der Waals surface area contributed by atoms with E-state index in [1.54, 1.807) is 0 Å². The van der Waals surface area contributed by atoms with Gasteiger partial charge >= 0.3 is 12.6 Å². The predicted octanol–water partition coefficient (Wildman–Crippen LogP) is 5.77. The number of pyridine rings is 1. The van der Waals surface area contributed by atoms with Gasteiger partial charge in [-0.1, -0.05) is 29.3 Å². The average molecular weight is 616 g/mol. The summed E-state index contributed by atoms with van der Waals surface area (Å²) in [5.74, 6) is -2.25. The number of fused-ring (bicyclic) bond motifs is 1. The van der Waals surface area contributed by atoms with E-state index in [1.165, 1.54) is 48.8 Å². The van der Waals surface area contributed by atoms with Gasteiger partial charge in [0, 0.05) is 18.8 Å². The Balaban J connectivity index is 1.42. The van der Waals surface area contributed by atoms with Crippen molar-refractivity contribution in [1.29, 1.82) is 5.26 Å². The van der Waals surface area contributed by atoms with Gasteiger partial charge in [-0.3, -0.25) is 24.3 Å². The van der Waals surface area contributed by atoms with Gasteiger partial charge in [-0.25, -0.2) is 0 Å². The molecule has 0 saturated heterocycles. The van der Waals surface area contributed by atoms with Crippen molar-refractivity contribution < 1.29 is 37.4 Å². The number of hydrogen-bond donors (Lipinski definition) is 0. The lowest BCUT2D eigenvalue weighted by Gasteiger charge is -2.22. The molecule has 5 rings (SSSR count). The quantitative estimate of drug-likeness (QED) is 0.197. The number of amides is 2. The first-order chi connectivity index (χ1) is 20.1. The topological polar surface area (TPSA) is 119 Å². The summed E-state index contributed by atoms with van der Waals surface area (Å²) in [6, 6.07) is 10.1. The van der Waals surface area contributed by atoms with Crippen molar-refractivity contribution in [3.05, 3.63) is 86.7 Å². The van der Waals surface area contributed by atoms with Crippen LogP contribution in [-0.2, 0) is 16.0 Å². The maximum Gasteiger partial charge on any atom is 0.387 e. The minimum Gasteiger partial charge on any atom is -0.489 e. The smallest absolute Gasteiger partial charge is 0.387 e. The molecule has 2 aromatic carbocycles. The molecular formula is C29H21Cl2F2N3O6. The number of benzene rings is 2. The van der Waals surface area contributed by atoms with Crippen molar-refractivity contribution in [3.8, 4) is 17.6 Å². The number of nitriles is 1. The van der Waals surface area contributed by atoms with E-state index in [2.05, 4.69) is 9.72 Å². The van der Waals surface area contributed by atoms with Gasteiger partial charge in [0.05, 0.1) is 39.4 Å². The fraction of sp³-hybridized carbons (Fsp3) is 0.276. The average Bonchev–Trinajstić information content (AvgIpc) is 3.76. The van der Waals surface area contributed by atoms with E-state index in [0.29, 0.717) is 23.7 Å². The number of hydrogen-bond acceptors (Lipinski definition) is 8. The number of ether oxygens (including phenoxy) is 3. The van der Waals surface area contributed by atoms with E-state index in [-0.39, 0.29) is 44.7 Å². The number of imide groups is 1. The zero-order valence-corrected chi connectivity index (χ0v) is 23.2. The molecule has 1 fully saturated rings. The predicted molar refractivity (Wildman–Crippen MR) is 145 cm³/mol. The normalized spacial score (nSPS) is 14.9. The highest BCUT2D eigenvalue weighted by Crippen LogP contribution is 2.38. The summed E-state index contributed by atoms with van der Waals surface area (Å²) in [6.45, 7) is -3.52. The molecule has 216 valence electrons. The Labute approximate surface area is 248 Å². The summed E-state index contributed by atoms with van der Waals surface area (Å²) in [5.41, 5.74) is 0.978. The van der Waals surface area contributed by atoms with Crippen LogP contribution in [0.25, 0.3) is 0 Å². The Hall–Kier alpha value is -4.27. The minimum atomic E-state index is -3.09. The summed E-state index contributed by atoms with van der Waals surface area (Å²) in [7, 11) is 0. The second-order valence-electron chi connectivity index (χ2n) is 9.67. The standard InChI is InChI=1S/C29H21Cl2F2N3O6/c30-21-11-35-12-22(31)20(21)9-24(17-4-6-23(42-29(32)33)25(8-17)40-14-15-1-2-15)41-26(37)13-36-27(38)18-5-3-16(10-34)7-19(18)28(36)39/h3-8,11-12,15,24,29H,1-2,9,13-14H2/t24-/m0/s1. The summed E-state index contributed by atoms with van der Waals surface area (Å²) in [6.07, 6.45) is 3.48. The van der Waals surface area contributed by atoms with Crippen LogP contribution in [0.2, 0.25) is 10.0 Å². The van der Waals surface area contributed by atoms with Crippen LogP contribution < -0.4 is 9.47 Å². The molecule has 1 aliphatic carbocycles. The van der Waals surface area contributed by atoms with E-state index < -0.39 is 37.0 Å². The summed E-state index contributed by atoms with van der Waals surface area (Å²) in [4.78, 5) is 43.6. The third-order valence-corrected chi connectivity index (χ3v) is 7.38. The Bertz CT molecular complexity index is 1590. The fourth-order valence-electron chi connectivity index (χ4n) is 4.40. The lowest BCUT2D eigenvalue weighted by Crippen LogP contribution is -2.36. The molecule has 0 spiro atoms. The molecule has 1 aromatic heterocycles. The number of halogens is 4. The van der Waals surface area contributed by atoms with Gasteiger partial charge in [0.15, 0.2) is 11.5 Å². The number of alkyl halides is 2. The number of carbonyl (C=O) groups excluding carboxylic acids is 3. The van der Waals surface area contributed by atoms with E-state index in [0.717, 1.165) is 17.7 Å². The van der Waals surface area contributed by atoms with Crippen LogP contribution in [-0.4, -0.2) is 47.4 Å². The van der Waals surface area contributed by atoms with Crippen LogP contribution >= 0.6 is 23.2 Å². The number of carbonyl (C=O) groups is 3. The van der Waals surface area contributed by atoms with Gasteiger partial charge in [0.25, 0.3) is 11.8 Å². The molecule has 1 saturated carbocycles. The zero-order chi connectivity index (χ0) is 30.0. The van der Waals surface area contributed by atoms with E-state index in [4.69, 9.17) is 37.9 Å². The maximum absolute atomic E-state index is 13.2. The van der Waals surface area contributed by atoms with Crippen LogP contribution in [0.5, 0.6) is 11.5 Å². The monoisotopic (exact) mass is 615 g/mol. The van der Waals surface area contributed by atoms with Crippen LogP contribution in [0.1, 0.15) is 56.4 Å². The first-order valence-corrected chi connectivity index (χ1v) is 13.5. The molecule has 42 heavy (non-hydrogen) atoms. The molecule has 0 N–H and O–H groups in total. The molecular weight excluding hydrogens is 595 g/mol. The number of aromatic nitrogens is 1. The van der Waals surface area contributed by atoms with Crippen molar-refractivity contribution in [2.75, 3.05) is 13.2 Å².